The Kier molecular flexibility index (Phi) is 4.35. The minimum absolute atomic E-state index is 0.353. The third-order valence-electron chi connectivity index (χ3n) is 2.53. The lowest BCUT2D eigenvalue weighted by Crippen LogP contribution is -2.12. The van der Waals surface area contributed by atoms with Gasteiger partial charge in [-0.05, 0) is 24.3 Å². The van der Waals surface area contributed by atoms with Gasteiger partial charge in [0, 0.05) is 0 Å². The maximum absolute atomic E-state index is 11.1. The van der Waals surface area contributed by atoms with E-state index in [1.165, 1.54) is 0 Å². The van der Waals surface area contributed by atoms with Gasteiger partial charge >= 0.3 is 5.97 Å². The molecule has 0 radical (unpaired) electrons. The number of aliphatic carboxylic acids is 1. The van der Waals surface area contributed by atoms with E-state index in [0.717, 1.165) is 18.4 Å². The van der Waals surface area contributed by atoms with Crippen molar-refractivity contribution in [1.82, 2.24) is 0 Å². The lowest BCUT2D eigenvalue weighted by molar-refractivity contribution is -0.139. The molecule has 0 heterocycles. The molecule has 0 aliphatic heterocycles. The molecule has 1 unspecified atom stereocenters. The van der Waals surface area contributed by atoms with E-state index in [1.807, 2.05) is 30.3 Å². The van der Waals surface area contributed by atoms with Gasteiger partial charge in [-0.3, -0.25) is 4.79 Å². The highest BCUT2D eigenvalue weighted by Gasteiger charge is 2.19. The lowest BCUT2D eigenvalue weighted by atomic mass is 9.91. The van der Waals surface area contributed by atoms with Crippen LogP contribution in [0.15, 0.2) is 30.3 Å². The average Bonchev–Trinajstić information content (AvgIpc) is 2.18. The van der Waals surface area contributed by atoms with Crippen LogP contribution < -0.4 is 0 Å². The second-order valence-corrected chi connectivity index (χ2v) is 4.27. The van der Waals surface area contributed by atoms with Crippen molar-refractivity contribution in [1.29, 1.82) is 0 Å². The zero-order valence-corrected chi connectivity index (χ0v) is 9.31. The van der Waals surface area contributed by atoms with Crippen LogP contribution in [0.3, 0.4) is 0 Å². The summed E-state index contributed by atoms with van der Waals surface area (Å²) in [7, 11) is 0. The fraction of sp³-hybridized carbons (Fsp3) is 0.462. The zero-order valence-electron chi connectivity index (χ0n) is 9.31. The summed E-state index contributed by atoms with van der Waals surface area (Å²) >= 11 is 0. The van der Waals surface area contributed by atoms with Crippen LogP contribution in [0.2, 0.25) is 0 Å². The van der Waals surface area contributed by atoms with Crippen LogP contribution in [0.25, 0.3) is 0 Å². The van der Waals surface area contributed by atoms with Gasteiger partial charge in [0.05, 0.1) is 5.92 Å². The maximum Gasteiger partial charge on any atom is 0.310 e. The van der Waals surface area contributed by atoms with Crippen LogP contribution >= 0.6 is 0 Å². The first-order valence-corrected chi connectivity index (χ1v) is 5.39. The Morgan fingerprint density at radius 2 is 1.80 bits per heavy atom. The standard InChI is InChI=1S/C13H18O2/c1-10(2)8-9-12(13(14)15)11-6-4-3-5-7-11/h3-7,10,12H,8-9H2,1-2H3,(H,14,15). The van der Waals surface area contributed by atoms with Crippen LogP contribution in [-0.4, -0.2) is 11.1 Å². The molecule has 1 N–H and O–H groups in total. The number of rotatable bonds is 5. The van der Waals surface area contributed by atoms with Gasteiger partial charge in [-0.15, -0.1) is 0 Å². The molecule has 0 aliphatic rings. The Labute approximate surface area is 90.9 Å². The summed E-state index contributed by atoms with van der Waals surface area (Å²) in [5.74, 6) is -0.522. The van der Waals surface area contributed by atoms with Crippen LogP contribution in [0, 0.1) is 5.92 Å². The van der Waals surface area contributed by atoms with Crippen molar-refractivity contribution in [2.24, 2.45) is 5.92 Å². The molecular weight excluding hydrogens is 188 g/mol. The topological polar surface area (TPSA) is 37.3 Å². The van der Waals surface area contributed by atoms with E-state index in [4.69, 9.17) is 5.11 Å². The third kappa shape index (κ3) is 3.74. The molecule has 1 rings (SSSR count). The number of hydrogen-bond donors (Lipinski definition) is 1. The van der Waals surface area contributed by atoms with Gasteiger partial charge in [-0.1, -0.05) is 44.2 Å². The van der Waals surface area contributed by atoms with Crippen molar-refractivity contribution in [3.05, 3.63) is 35.9 Å². The molecule has 1 aromatic carbocycles. The molecule has 0 saturated carbocycles. The first kappa shape index (κ1) is 11.8. The summed E-state index contributed by atoms with van der Waals surface area (Å²) in [6, 6.07) is 9.46. The van der Waals surface area contributed by atoms with Crippen LogP contribution in [-0.2, 0) is 4.79 Å². The van der Waals surface area contributed by atoms with Crippen LogP contribution in [0.5, 0.6) is 0 Å². The molecule has 15 heavy (non-hydrogen) atoms. The number of carboxylic acid groups (broad SMARTS) is 1. The van der Waals surface area contributed by atoms with E-state index in [-0.39, 0.29) is 5.92 Å². The van der Waals surface area contributed by atoms with E-state index in [0.29, 0.717) is 5.92 Å². The van der Waals surface area contributed by atoms with E-state index in [1.54, 1.807) is 0 Å². The molecule has 0 bridgehead atoms. The molecule has 0 aliphatic carbocycles. The Morgan fingerprint density at radius 1 is 1.20 bits per heavy atom. The largest absolute Gasteiger partial charge is 0.481 e. The Hall–Kier alpha value is -1.31. The number of carbonyl (C=O) groups is 1. The van der Waals surface area contributed by atoms with Crippen molar-refractivity contribution in [3.8, 4) is 0 Å². The molecule has 1 atom stereocenters. The summed E-state index contributed by atoms with van der Waals surface area (Å²) in [6.45, 7) is 4.23. The number of hydrogen-bond acceptors (Lipinski definition) is 1. The molecule has 0 fully saturated rings. The van der Waals surface area contributed by atoms with Gasteiger partial charge < -0.3 is 5.11 Å². The summed E-state index contributed by atoms with van der Waals surface area (Å²) in [6.07, 6.45) is 1.67. The molecule has 1 aromatic rings. The van der Waals surface area contributed by atoms with Crippen molar-refractivity contribution < 1.29 is 9.90 Å². The summed E-state index contributed by atoms with van der Waals surface area (Å²) in [4.78, 5) is 11.1. The molecule has 0 spiro atoms. The SMILES string of the molecule is CC(C)CCC(C(=O)O)c1ccccc1. The third-order valence-corrected chi connectivity index (χ3v) is 2.53. The van der Waals surface area contributed by atoms with Crippen LogP contribution in [0.4, 0.5) is 0 Å². The number of benzene rings is 1. The monoisotopic (exact) mass is 206 g/mol. The van der Waals surface area contributed by atoms with Crippen molar-refractivity contribution in [3.63, 3.8) is 0 Å². The maximum atomic E-state index is 11.1. The predicted molar refractivity (Wildman–Crippen MR) is 60.9 cm³/mol. The molecule has 0 aromatic heterocycles. The fourth-order valence-corrected chi connectivity index (χ4v) is 1.62. The Balaban J connectivity index is 2.71. The first-order chi connectivity index (χ1) is 7.11. The molecule has 0 amide bonds. The Bertz CT molecular complexity index is 304. The van der Waals surface area contributed by atoms with Crippen molar-refractivity contribution in [2.75, 3.05) is 0 Å². The van der Waals surface area contributed by atoms with Gasteiger partial charge in [-0.25, -0.2) is 0 Å². The first-order valence-electron chi connectivity index (χ1n) is 5.39. The minimum atomic E-state index is -0.721. The minimum Gasteiger partial charge on any atom is -0.481 e. The van der Waals surface area contributed by atoms with Gasteiger partial charge in [0.2, 0.25) is 0 Å². The molecule has 2 nitrogen and oxygen atoms in total. The highest BCUT2D eigenvalue weighted by atomic mass is 16.4. The summed E-state index contributed by atoms with van der Waals surface area (Å²) in [5, 5.41) is 9.14. The van der Waals surface area contributed by atoms with Gasteiger partial charge in [0.25, 0.3) is 0 Å². The second kappa shape index (κ2) is 5.54. The Morgan fingerprint density at radius 3 is 2.27 bits per heavy atom. The van der Waals surface area contributed by atoms with Gasteiger partial charge in [-0.2, -0.15) is 0 Å². The summed E-state index contributed by atoms with van der Waals surface area (Å²) in [5.41, 5.74) is 0.908. The second-order valence-electron chi connectivity index (χ2n) is 4.27. The smallest absolute Gasteiger partial charge is 0.310 e. The zero-order chi connectivity index (χ0) is 11.3. The highest BCUT2D eigenvalue weighted by molar-refractivity contribution is 5.75. The quantitative estimate of drug-likeness (QED) is 0.802. The summed E-state index contributed by atoms with van der Waals surface area (Å²) < 4.78 is 0. The van der Waals surface area contributed by atoms with E-state index >= 15 is 0 Å². The fourth-order valence-electron chi connectivity index (χ4n) is 1.62. The van der Waals surface area contributed by atoms with E-state index in [9.17, 15) is 4.79 Å². The van der Waals surface area contributed by atoms with Gasteiger partial charge in [0.1, 0.15) is 0 Å². The van der Waals surface area contributed by atoms with E-state index < -0.39 is 5.97 Å². The molecular formula is C13H18O2. The molecule has 82 valence electrons. The highest BCUT2D eigenvalue weighted by Crippen LogP contribution is 2.23. The predicted octanol–water partition coefficient (Wildman–Crippen LogP) is 3.29. The van der Waals surface area contributed by atoms with Crippen molar-refractivity contribution in [2.45, 2.75) is 32.6 Å². The van der Waals surface area contributed by atoms with E-state index in [2.05, 4.69) is 13.8 Å². The average molecular weight is 206 g/mol. The van der Waals surface area contributed by atoms with Crippen molar-refractivity contribution >= 4 is 5.97 Å². The molecule has 2 heteroatoms. The molecule has 0 saturated heterocycles. The lowest BCUT2D eigenvalue weighted by Gasteiger charge is -2.13. The normalized spacial score (nSPS) is 12.7. The number of carboxylic acids is 1. The van der Waals surface area contributed by atoms with Gasteiger partial charge in [0.15, 0.2) is 0 Å². The van der Waals surface area contributed by atoms with Crippen LogP contribution in [0.1, 0.15) is 38.2 Å².